The fourth-order valence-corrected chi connectivity index (χ4v) is 11.5. The number of methoxy groups -OCH3 is 2. The van der Waals surface area contributed by atoms with E-state index >= 15 is 4.79 Å². The number of hydrogen-bond donors (Lipinski definition) is 5. The molecule has 0 aliphatic carbocycles. The summed E-state index contributed by atoms with van der Waals surface area (Å²) in [5.74, 6) is -0.639. The van der Waals surface area contributed by atoms with Gasteiger partial charge < -0.3 is 45.9 Å². The molecule has 20 heteroatoms. The predicted molar refractivity (Wildman–Crippen MR) is 344 cm³/mol. The summed E-state index contributed by atoms with van der Waals surface area (Å²) < 4.78 is 22.6. The zero-order valence-electron chi connectivity index (χ0n) is 49.0. The number of rotatable bonds is 29. The van der Waals surface area contributed by atoms with Gasteiger partial charge in [-0.3, -0.25) is 24.0 Å². The van der Waals surface area contributed by atoms with Crippen LogP contribution in [0.15, 0.2) is 182 Å². The predicted octanol–water partition coefficient (Wildman–Crippen LogP) is 10.7. The van der Waals surface area contributed by atoms with Gasteiger partial charge in [0.2, 0.25) is 23.6 Å². The molecule has 0 fully saturated rings. The lowest BCUT2D eigenvalue weighted by Gasteiger charge is -2.35. The van der Waals surface area contributed by atoms with Crippen LogP contribution in [0.5, 0.6) is 17.2 Å². The van der Waals surface area contributed by atoms with Crippen molar-refractivity contribution in [2.45, 2.75) is 87.5 Å². The fraction of sp³-hybridized carbons (Fsp3) is 0.284. The number of thioether (sulfide) groups is 2. The molecule has 0 spiro atoms. The van der Waals surface area contributed by atoms with Gasteiger partial charge in [0.05, 0.1) is 32.8 Å². The van der Waals surface area contributed by atoms with Gasteiger partial charge in [-0.25, -0.2) is 9.69 Å². The Labute approximate surface area is 526 Å². The van der Waals surface area contributed by atoms with Crippen LogP contribution >= 0.6 is 46.7 Å². The first kappa shape index (κ1) is 66.5. The Bertz CT molecular complexity index is 3310. The quantitative estimate of drug-likeness (QED) is 0.0295. The van der Waals surface area contributed by atoms with Crippen molar-refractivity contribution in [1.82, 2.24) is 26.2 Å². The summed E-state index contributed by atoms with van der Waals surface area (Å²) in [6, 6.07) is 48.4. The first-order chi connectivity index (χ1) is 41.9. The van der Waals surface area contributed by atoms with E-state index in [4.69, 9.17) is 47.9 Å². The molecule has 0 unspecified atom stereocenters. The van der Waals surface area contributed by atoms with Crippen molar-refractivity contribution in [2.24, 2.45) is 5.73 Å². The summed E-state index contributed by atoms with van der Waals surface area (Å²) in [5, 5.41) is 12.2. The van der Waals surface area contributed by atoms with E-state index in [2.05, 4.69) is 21.3 Å². The van der Waals surface area contributed by atoms with Gasteiger partial charge in [-0.1, -0.05) is 157 Å². The van der Waals surface area contributed by atoms with Crippen LogP contribution < -0.4 is 41.2 Å². The van der Waals surface area contributed by atoms with Crippen molar-refractivity contribution in [3.63, 3.8) is 0 Å². The van der Waals surface area contributed by atoms with Crippen molar-refractivity contribution in [1.29, 1.82) is 0 Å². The van der Waals surface area contributed by atoms with Crippen LogP contribution in [0.3, 0.4) is 0 Å². The minimum atomic E-state index is -1.36. The van der Waals surface area contributed by atoms with E-state index in [1.807, 2.05) is 115 Å². The largest absolute Gasteiger partial charge is 0.497 e. The molecule has 0 saturated carbocycles. The molecule has 0 bridgehead atoms. The number of nitrogens with zero attached hydrogens (tertiary/aromatic N) is 1. The minimum Gasteiger partial charge on any atom is -0.497 e. The van der Waals surface area contributed by atoms with Crippen LogP contribution in [-0.4, -0.2) is 103 Å². The Hall–Kier alpha value is -8.00. The molecule has 0 aromatic heterocycles. The molecule has 87 heavy (non-hydrogen) atoms. The second-order valence-electron chi connectivity index (χ2n) is 21.2. The summed E-state index contributed by atoms with van der Waals surface area (Å²) in [7, 11) is 3.15. The molecular weight excluding hydrogens is 1180 g/mol. The molecule has 7 rings (SSSR count). The lowest BCUT2D eigenvalue weighted by molar-refractivity contribution is -0.137. The normalized spacial score (nSPS) is 12.6. The second-order valence-corrected chi connectivity index (χ2v) is 24.1. The van der Waals surface area contributed by atoms with E-state index in [-0.39, 0.29) is 31.0 Å². The van der Waals surface area contributed by atoms with Gasteiger partial charge in [0.25, 0.3) is 5.91 Å². The van der Waals surface area contributed by atoms with Crippen molar-refractivity contribution >= 4 is 82.4 Å². The van der Waals surface area contributed by atoms with Crippen LogP contribution in [0.1, 0.15) is 65.8 Å². The maximum Gasteiger partial charge on any atom is 0.417 e. The number of nitrogens with one attached hydrogen (secondary N) is 4. The highest BCUT2D eigenvalue weighted by Gasteiger charge is 2.40. The van der Waals surface area contributed by atoms with Crippen LogP contribution in [-0.2, 0) is 59.7 Å². The summed E-state index contributed by atoms with van der Waals surface area (Å²) in [6.45, 7) is 4.65. The number of halogens is 2. The lowest BCUT2D eigenvalue weighted by Crippen LogP contribution is -2.58. The van der Waals surface area contributed by atoms with Crippen molar-refractivity contribution < 1.29 is 47.7 Å². The standard InChI is InChI=1S/C67H72Cl2N6O10S2/c1-67(2,3)85-66(81)75(61(48-18-11-7-12-19-48)49-20-13-8-14-21-49)65(80)59(43-87-41-47-28-32-51(83-5)33-29-47)74-64(79)57(37-44-16-9-6-10-17-44)72-60(76)38-71-63(78)58(42-86-40-46-26-30-50(82-4)31-27-46)73-62(77)56(70)36-45-24-34-52(35-25-45)84-39-53-54(68)22-15-23-55(53)69/h6-35,56-59,61H,36-43,70H2,1-5H3,(H,71,78)(H,72,76)(H,73,77)(H,74,79)/t56-,57-,58+,59+/m0/s1. The van der Waals surface area contributed by atoms with Crippen molar-refractivity contribution in [3.8, 4) is 17.2 Å². The topological polar surface area (TPSA) is 217 Å². The van der Waals surface area contributed by atoms with Gasteiger partial charge in [0, 0.05) is 45.0 Å². The maximum atomic E-state index is 15.5. The number of nitrogens with two attached hydrogens (primary N) is 1. The van der Waals surface area contributed by atoms with Crippen LogP contribution in [0, 0.1) is 0 Å². The number of amides is 6. The number of carbonyl (C=O) groups excluding carboxylic acids is 6. The molecule has 7 aromatic rings. The Morgan fingerprint density at radius 1 is 0.529 bits per heavy atom. The summed E-state index contributed by atoms with van der Waals surface area (Å²) in [4.78, 5) is 88.4. The highest BCUT2D eigenvalue weighted by molar-refractivity contribution is 7.98. The maximum absolute atomic E-state index is 15.5. The van der Waals surface area contributed by atoms with Crippen molar-refractivity contribution in [2.75, 3.05) is 32.3 Å². The summed E-state index contributed by atoms with van der Waals surface area (Å²) >= 11 is 15.4. The Balaban J connectivity index is 1.09. The molecule has 0 heterocycles. The highest BCUT2D eigenvalue weighted by Crippen LogP contribution is 2.32. The average Bonchev–Trinajstić information content (AvgIpc) is 1.44. The average molecular weight is 1260 g/mol. The van der Waals surface area contributed by atoms with E-state index in [1.54, 1.807) is 102 Å². The third-order valence-corrected chi connectivity index (χ3v) is 16.4. The first-order valence-corrected chi connectivity index (χ1v) is 31.1. The number of carbonyl (C=O) groups is 6. The van der Waals surface area contributed by atoms with Gasteiger partial charge in [-0.2, -0.15) is 23.5 Å². The Morgan fingerprint density at radius 2 is 1.00 bits per heavy atom. The number of benzene rings is 7. The Morgan fingerprint density at radius 3 is 1.52 bits per heavy atom. The molecule has 0 radical (unpaired) electrons. The van der Waals surface area contributed by atoms with Gasteiger partial charge in [-0.15, -0.1) is 0 Å². The fourth-order valence-electron chi connectivity index (χ4n) is 8.99. The molecule has 6 N–H and O–H groups in total. The van der Waals surface area contributed by atoms with Gasteiger partial charge in [0.1, 0.15) is 47.6 Å². The molecule has 7 aromatic carbocycles. The zero-order chi connectivity index (χ0) is 62.3. The van der Waals surface area contributed by atoms with E-state index in [0.29, 0.717) is 61.1 Å². The van der Waals surface area contributed by atoms with Gasteiger partial charge >= 0.3 is 6.09 Å². The smallest absolute Gasteiger partial charge is 0.417 e. The molecule has 0 aliphatic heterocycles. The van der Waals surface area contributed by atoms with E-state index in [0.717, 1.165) is 21.6 Å². The van der Waals surface area contributed by atoms with Gasteiger partial charge in [-0.05, 0) is 109 Å². The molecule has 0 saturated heterocycles. The van der Waals surface area contributed by atoms with E-state index in [1.165, 1.54) is 23.5 Å². The molecule has 0 aliphatic rings. The number of imide groups is 1. The van der Waals surface area contributed by atoms with E-state index in [9.17, 15) is 24.0 Å². The molecular formula is C67H72Cl2N6O10S2. The molecule has 456 valence electrons. The third kappa shape index (κ3) is 20.8. The lowest BCUT2D eigenvalue weighted by atomic mass is 9.96. The summed E-state index contributed by atoms with van der Waals surface area (Å²) in [5.41, 5.74) is 10.6. The highest BCUT2D eigenvalue weighted by atomic mass is 35.5. The number of ether oxygens (including phenoxy) is 4. The number of hydrogen-bond acceptors (Lipinski definition) is 13. The SMILES string of the molecule is COc1ccc(CSC[C@@H](NC(=O)[C@@H](N)Cc2ccc(OCc3c(Cl)cccc3Cl)cc2)C(=O)NCC(=O)N[C@@H](Cc2ccccc2)C(=O)N[C@H](CSCc2ccc(OC)cc2)C(=O)N(C(=O)OC(C)(C)C)C(c2ccccc2)c2ccccc2)cc1. The molecule has 16 nitrogen and oxygen atoms in total. The van der Waals surface area contributed by atoms with Crippen LogP contribution in [0.2, 0.25) is 10.0 Å². The third-order valence-electron chi connectivity index (χ3n) is 13.5. The zero-order valence-corrected chi connectivity index (χ0v) is 52.2. The summed E-state index contributed by atoms with van der Waals surface area (Å²) in [6.07, 6.45) is -0.833. The monoisotopic (exact) mass is 1250 g/mol. The first-order valence-electron chi connectivity index (χ1n) is 28.1. The van der Waals surface area contributed by atoms with Crippen LogP contribution in [0.25, 0.3) is 0 Å². The Kier molecular flexibility index (Phi) is 25.4. The minimum absolute atomic E-state index is 0.00986. The second kappa shape index (κ2) is 33.2. The van der Waals surface area contributed by atoms with Crippen LogP contribution in [0.4, 0.5) is 4.79 Å². The van der Waals surface area contributed by atoms with E-state index < -0.39 is 78.0 Å². The van der Waals surface area contributed by atoms with Gasteiger partial charge in [0.15, 0.2) is 0 Å². The van der Waals surface area contributed by atoms with Crippen molar-refractivity contribution in [3.05, 3.63) is 231 Å². The molecule has 4 atom stereocenters. The molecule has 6 amide bonds.